The zero-order chi connectivity index (χ0) is 20.2. The van der Waals surface area contributed by atoms with Gasteiger partial charge in [-0.3, -0.25) is 19.7 Å². The molecule has 0 saturated heterocycles. The first-order valence-electron chi connectivity index (χ1n) is 9.50. The van der Waals surface area contributed by atoms with E-state index >= 15 is 0 Å². The summed E-state index contributed by atoms with van der Waals surface area (Å²) >= 11 is 1.48. The van der Waals surface area contributed by atoms with Gasteiger partial charge in [0.2, 0.25) is 0 Å². The van der Waals surface area contributed by atoms with E-state index in [0.717, 1.165) is 53.2 Å². The lowest BCUT2D eigenvalue weighted by Crippen LogP contribution is -2.30. The third-order valence-electron chi connectivity index (χ3n) is 4.99. The van der Waals surface area contributed by atoms with Crippen LogP contribution in [0.5, 0.6) is 0 Å². The normalized spacial score (nSPS) is 13.1. The lowest BCUT2D eigenvalue weighted by molar-refractivity contribution is -0.384. The van der Waals surface area contributed by atoms with Crippen molar-refractivity contribution >= 4 is 17.4 Å². The molecule has 3 aromatic rings. The van der Waals surface area contributed by atoms with Crippen LogP contribution in [0.25, 0.3) is 0 Å². The number of hydrogen-bond acceptors (Lipinski definition) is 6. The summed E-state index contributed by atoms with van der Waals surface area (Å²) in [7, 11) is 0. The van der Waals surface area contributed by atoms with Crippen molar-refractivity contribution < 1.29 is 4.92 Å². The second-order valence-electron chi connectivity index (χ2n) is 6.95. The van der Waals surface area contributed by atoms with Crippen LogP contribution >= 0.6 is 11.8 Å². The Morgan fingerprint density at radius 1 is 1.14 bits per heavy atom. The molecule has 1 aliphatic rings. The van der Waals surface area contributed by atoms with Crippen molar-refractivity contribution in [2.45, 2.75) is 43.0 Å². The van der Waals surface area contributed by atoms with E-state index in [4.69, 9.17) is 0 Å². The molecule has 1 aromatic carbocycles. The minimum Gasteiger partial charge on any atom is -0.290 e. The van der Waals surface area contributed by atoms with E-state index in [9.17, 15) is 14.9 Å². The molecule has 0 saturated carbocycles. The molecule has 1 aliphatic carbocycles. The van der Waals surface area contributed by atoms with Crippen LogP contribution < -0.4 is 5.69 Å². The van der Waals surface area contributed by atoms with Gasteiger partial charge in [0.05, 0.1) is 17.2 Å². The van der Waals surface area contributed by atoms with Gasteiger partial charge in [-0.2, -0.15) is 4.98 Å². The van der Waals surface area contributed by atoms with Crippen LogP contribution in [0.2, 0.25) is 0 Å². The Kier molecular flexibility index (Phi) is 5.71. The standard InChI is InChI=1S/C21H20N4O3S/c26-21-23-20(29-14-15-6-5-8-17(12-15)25(27)28)18-9-1-2-10-19(18)24(21)13-16-7-3-4-11-22-16/h3-8,11-12H,1-2,9-10,13-14H2. The Morgan fingerprint density at radius 3 is 2.79 bits per heavy atom. The molecule has 8 heteroatoms. The minimum absolute atomic E-state index is 0.0730. The van der Waals surface area contributed by atoms with Crippen LogP contribution in [0.1, 0.15) is 35.4 Å². The summed E-state index contributed by atoms with van der Waals surface area (Å²) in [4.78, 5) is 32.1. The van der Waals surface area contributed by atoms with Crippen molar-refractivity contribution in [1.82, 2.24) is 14.5 Å². The highest BCUT2D eigenvalue weighted by Gasteiger charge is 2.21. The number of nitro benzene ring substituents is 1. The smallest absolute Gasteiger partial charge is 0.290 e. The number of aromatic nitrogens is 3. The average molecular weight is 408 g/mol. The number of rotatable bonds is 6. The minimum atomic E-state index is -0.396. The van der Waals surface area contributed by atoms with Crippen molar-refractivity contribution in [3.63, 3.8) is 0 Å². The average Bonchev–Trinajstić information content (AvgIpc) is 2.75. The van der Waals surface area contributed by atoms with Crippen LogP contribution in [0.3, 0.4) is 0 Å². The van der Waals surface area contributed by atoms with Crippen LogP contribution in [0.15, 0.2) is 58.5 Å². The number of nitro groups is 1. The second-order valence-corrected chi connectivity index (χ2v) is 7.92. The Balaban J connectivity index is 1.63. The van der Waals surface area contributed by atoms with Gasteiger partial charge in [-0.15, -0.1) is 11.8 Å². The summed E-state index contributed by atoms with van der Waals surface area (Å²) in [6, 6.07) is 12.3. The number of thioether (sulfide) groups is 1. The fourth-order valence-electron chi connectivity index (χ4n) is 3.60. The van der Waals surface area contributed by atoms with Crippen LogP contribution in [0.4, 0.5) is 5.69 Å². The highest BCUT2D eigenvalue weighted by molar-refractivity contribution is 7.98. The summed E-state index contributed by atoms with van der Waals surface area (Å²) in [6.07, 6.45) is 5.59. The van der Waals surface area contributed by atoms with Gasteiger partial charge >= 0.3 is 5.69 Å². The molecule has 29 heavy (non-hydrogen) atoms. The number of fused-ring (bicyclic) bond motifs is 1. The SMILES string of the molecule is O=c1nc(SCc2cccc([N+](=O)[O-])c2)c2c(n1Cc1ccccn1)CCCC2. The topological polar surface area (TPSA) is 90.9 Å². The zero-order valence-corrected chi connectivity index (χ0v) is 16.6. The Hall–Kier alpha value is -3.00. The molecule has 0 fully saturated rings. The van der Waals surface area contributed by atoms with Gasteiger partial charge in [-0.05, 0) is 43.4 Å². The molecule has 0 amide bonds. The number of hydrogen-bond donors (Lipinski definition) is 0. The van der Waals surface area contributed by atoms with E-state index < -0.39 is 4.92 Å². The third-order valence-corrected chi connectivity index (χ3v) is 6.08. The molecule has 4 rings (SSSR count). The Labute approximate surface area is 172 Å². The predicted octanol–water partition coefficient (Wildman–Crippen LogP) is 3.77. The van der Waals surface area contributed by atoms with E-state index in [1.54, 1.807) is 22.9 Å². The summed E-state index contributed by atoms with van der Waals surface area (Å²) < 4.78 is 1.74. The van der Waals surface area contributed by atoms with E-state index in [1.807, 2.05) is 24.3 Å². The second kappa shape index (κ2) is 8.57. The van der Waals surface area contributed by atoms with Gasteiger partial charge in [-0.1, -0.05) is 18.2 Å². The molecule has 148 valence electrons. The first-order chi connectivity index (χ1) is 14.1. The first-order valence-corrected chi connectivity index (χ1v) is 10.5. The molecule has 0 spiro atoms. The maximum absolute atomic E-state index is 12.8. The largest absolute Gasteiger partial charge is 0.349 e. The van der Waals surface area contributed by atoms with E-state index in [-0.39, 0.29) is 11.4 Å². The molecule has 2 heterocycles. The van der Waals surface area contributed by atoms with Crippen molar-refractivity contribution in [1.29, 1.82) is 0 Å². The molecule has 0 radical (unpaired) electrons. The number of nitrogens with zero attached hydrogens (tertiary/aromatic N) is 4. The third kappa shape index (κ3) is 4.37. The predicted molar refractivity (Wildman–Crippen MR) is 111 cm³/mol. The maximum Gasteiger partial charge on any atom is 0.349 e. The summed E-state index contributed by atoms with van der Waals surface area (Å²) in [5.74, 6) is 0.533. The van der Waals surface area contributed by atoms with E-state index in [2.05, 4.69) is 9.97 Å². The number of pyridine rings is 1. The lowest BCUT2D eigenvalue weighted by Gasteiger charge is -2.22. The van der Waals surface area contributed by atoms with Crippen molar-refractivity contribution in [2.24, 2.45) is 0 Å². The van der Waals surface area contributed by atoms with Crippen LogP contribution in [-0.2, 0) is 25.1 Å². The summed E-state index contributed by atoms with van der Waals surface area (Å²) in [6.45, 7) is 0.421. The molecular formula is C21H20N4O3S. The molecule has 0 N–H and O–H groups in total. The highest BCUT2D eigenvalue weighted by Crippen LogP contribution is 2.31. The molecule has 0 unspecified atom stereocenters. The van der Waals surface area contributed by atoms with Crippen molar-refractivity contribution in [3.05, 3.63) is 91.8 Å². The van der Waals surface area contributed by atoms with Crippen LogP contribution in [-0.4, -0.2) is 19.5 Å². The fourth-order valence-corrected chi connectivity index (χ4v) is 4.62. The van der Waals surface area contributed by atoms with Crippen molar-refractivity contribution in [2.75, 3.05) is 0 Å². The van der Waals surface area contributed by atoms with Gasteiger partial charge in [0.1, 0.15) is 5.03 Å². The lowest BCUT2D eigenvalue weighted by atomic mass is 9.97. The number of non-ortho nitro benzene ring substituents is 1. The van der Waals surface area contributed by atoms with Gasteiger partial charge in [0.25, 0.3) is 5.69 Å². The van der Waals surface area contributed by atoms with Crippen LogP contribution in [0, 0.1) is 10.1 Å². The Morgan fingerprint density at radius 2 is 2.00 bits per heavy atom. The van der Waals surface area contributed by atoms with Gasteiger partial charge in [-0.25, -0.2) is 4.79 Å². The van der Waals surface area contributed by atoms with Gasteiger partial charge < -0.3 is 0 Å². The van der Waals surface area contributed by atoms with Gasteiger partial charge in [0.15, 0.2) is 0 Å². The number of benzene rings is 1. The van der Waals surface area contributed by atoms with Crippen molar-refractivity contribution in [3.8, 4) is 0 Å². The summed E-state index contributed by atoms with van der Waals surface area (Å²) in [5, 5.41) is 11.7. The highest BCUT2D eigenvalue weighted by atomic mass is 32.2. The zero-order valence-electron chi connectivity index (χ0n) is 15.8. The molecule has 0 bridgehead atoms. The first kappa shape index (κ1) is 19.3. The van der Waals surface area contributed by atoms with E-state index in [1.165, 1.54) is 17.8 Å². The Bertz CT molecular complexity index is 1100. The monoisotopic (exact) mass is 408 g/mol. The molecule has 2 aromatic heterocycles. The fraction of sp³-hybridized carbons (Fsp3) is 0.286. The molecule has 7 nitrogen and oxygen atoms in total. The van der Waals surface area contributed by atoms with E-state index in [0.29, 0.717) is 12.3 Å². The summed E-state index contributed by atoms with van der Waals surface area (Å²) in [5.41, 5.74) is 3.65. The molecule has 0 aliphatic heterocycles. The maximum atomic E-state index is 12.8. The van der Waals surface area contributed by atoms with Gasteiger partial charge in [0, 0.05) is 35.3 Å². The molecule has 0 atom stereocenters. The quantitative estimate of drug-likeness (QED) is 0.267. The molecular weight excluding hydrogens is 388 g/mol.